The summed E-state index contributed by atoms with van der Waals surface area (Å²) in [5.41, 5.74) is 12.2. The lowest BCUT2D eigenvalue weighted by Gasteiger charge is -2.25. The van der Waals surface area contributed by atoms with Crippen molar-refractivity contribution in [1.82, 2.24) is 10.6 Å². The van der Waals surface area contributed by atoms with Gasteiger partial charge in [0.25, 0.3) is 0 Å². The SMILES string of the molecule is CC(C)C[C@H](NC(=O)[C@H](Cc1ccccc1)NC(=O)[C@@H](N)C(C)C)C(N)=O. The van der Waals surface area contributed by atoms with Crippen LogP contribution >= 0.6 is 0 Å². The maximum absolute atomic E-state index is 12.8. The van der Waals surface area contributed by atoms with Crippen LogP contribution in [0.2, 0.25) is 0 Å². The minimum absolute atomic E-state index is 0.0651. The Bertz CT molecular complexity index is 631. The van der Waals surface area contributed by atoms with Crippen LogP contribution in [0, 0.1) is 11.8 Å². The lowest BCUT2D eigenvalue weighted by Crippen LogP contribution is -2.56. The minimum Gasteiger partial charge on any atom is -0.368 e. The number of hydrogen-bond acceptors (Lipinski definition) is 4. The number of carbonyl (C=O) groups is 3. The molecule has 0 saturated carbocycles. The minimum atomic E-state index is -0.848. The number of nitrogens with one attached hydrogen (secondary N) is 2. The normalized spacial score (nSPS) is 14.5. The second-order valence-corrected chi connectivity index (χ2v) is 7.61. The number of carbonyl (C=O) groups excluding carboxylic acids is 3. The molecular formula is C20H32N4O3. The van der Waals surface area contributed by atoms with Crippen molar-refractivity contribution in [2.45, 2.75) is 58.7 Å². The van der Waals surface area contributed by atoms with Crippen molar-refractivity contribution in [2.24, 2.45) is 23.3 Å². The Morgan fingerprint density at radius 1 is 0.926 bits per heavy atom. The van der Waals surface area contributed by atoms with E-state index >= 15 is 0 Å². The molecule has 3 atom stereocenters. The summed E-state index contributed by atoms with van der Waals surface area (Å²) in [4.78, 5) is 36.8. The van der Waals surface area contributed by atoms with Gasteiger partial charge < -0.3 is 22.1 Å². The molecule has 3 amide bonds. The molecule has 0 unspecified atom stereocenters. The first kappa shape index (κ1) is 22.6. The van der Waals surface area contributed by atoms with Gasteiger partial charge in [-0.25, -0.2) is 0 Å². The van der Waals surface area contributed by atoms with Crippen LogP contribution in [-0.2, 0) is 20.8 Å². The summed E-state index contributed by atoms with van der Waals surface area (Å²) < 4.78 is 0. The van der Waals surface area contributed by atoms with Gasteiger partial charge in [-0.2, -0.15) is 0 Å². The molecule has 1 aromatic rings. The Labute approximate surface area is 161 Å². The summed E-state index contributed by atoms with van der Waals surface area (Å²) in [5, 5.41) is 5.39. The molecule has 0 fully saturated rings. The highest BCUT2D eigenvalue weighted by atomic mass is 16.2. The smallest absolute Gasteiger partial charge is 0.243 e. The van der Waals surface area contributed by atoms with E-state index in [1.54, 1.807) is 0 Å². The number of benzene rings is 1. The Balaban J connectivity index is 2.95. The van der Waals surface area contributed by atoms with E-state index in [2.05, 4.69) is 10.6 Å². The molecule has 150 valence electrons. The second-order valence-electron chi connectivity index (χ2n) is 7.61. The van der Waals surface area contributed by atoms with Crippen molar-refractivity contribution in [3.8, 4) is 0 Å². The van der Waals surface area contributed by atoms with Crippen LogP contribution in [0.5, 0.6) is 0 Å². The molecule has 0 bridgehead atoms. The van der Waals surface area contributed by atoms with E-state index in [9.17, 15) is 14.4 Å². The summed E-state index contributed by atoms with van der Waals surface area (Å²) in [6, 6.07) is 6.97. The second kappa shape index (κ2) is 10.7. The van der Waals surface area contributed by atoms with Gasteiger partial charge in [0.05, 0.1) is 6.04 Å². The van der Waals surface area contributed by atoms with Crippen LogP contribution in [0.15, 0.2) is 30.3 Å². The monoisotopic (exact) mass is 376 g/mol. The van der Waals surface area contributed by atoms with Crippen molar-refractivity contribution >= 4 is 17.7 Å². The molecule has 0 aliphatic heterocycles. The van der Waals surface area contributed by atoms with Crippen LogP contribution in [0.25, 0.3) is 0 Å². The maximum Gasteiger partial charge on any atom is 0.243 e. The van der Waals surface area contributed by atoms with Crippen LogP contribution in [-0.4, -0.2) is 35.8 Å². The highest BCUT2D eigenvalue weighted by Gasteiger charge is 2.28. The molecule has 6 N–H and O–H groups in total. The molecule has 0 aromatic heterocycles. The number of primary amides is 1. The molecule has 0 saturated heterocycles. The van der Waals surface area contributed by atoms with Crippen LogP contribution in [0.1, 0.15) is 39.7 Å². The number of nitrogens with two attached hydrogens (primary N) is 2. The average molecular weight is 377 g/mol. The molecule has 7 heteroatoms. The van der Waals surface area contributed by atoms with Gasteiger partial charge >= 0.3 is 0 Å². The predicted molar refractivity (Wildman–Crippen MR) is 105 cm³/mol. The number of rotatable bonds is 10. The molecule has 1 rings (SSSR count). The fourth-order valence-electron chi connectivity index (χ4n) is 2.62. The van der Waals surface area contributed by atoms with E-state index in [4.69, 9.17) is 11.5 Å². The fraction of sp³-hybridized carbons (Fsp3) is 0.550. The van der Waals surface area contributed by atoms with Gasteiger partial charge in [0.1, 0.15) is 12.1 Å². The summed E-state index contributed by atoms with van der Waals surface area (Å²) in [7, 11) is 0. The van der Waals surface area contributed by atoms with Gasteiger partial charge in [-0.15, -0.1) is 0 Å². The van der Waals surface area contributed by atoms with Crippen molar-refractivity contribution in [3.05, 3.63) is 35.9 Å². The Hall–Kier alpha value is -2.41. The van der Waals surface area contributed by atoms with Crippen molar-refractivity contribution in [2.75, 3.05) is 0 Å². The van der Waals surface area contributed by atoms with Gasteiger partial charge in [0, 0.05) is 6.42 Å². The van der Waals surface area contributed by atoms with E-state index in [0.29, 0.717) is 6.42 Å². The Kier molecular flexibility index (Phi) is 8.94. The molecule has 0 aliphatic carbocycles. The molecule has 0 aliphatic rings. The predicted octanol–water partition coefficient (Wildman–Crippen LogP) is 0.713. The Morgan fingerprint density at radius 3 is 1.96 bits per heavy atom. The molecule has 7 nitrogen and oxygen atoms in total. The fourth-order valence-corrected chi connectivity index (χ4v) is 2.62. The average Bonchev–Trinajstić information content (AvgIpc) is 2.59. The standard InChI is InChI=1S/C20H32N4O3/c1-12(2)10-15(18(22)25)23-19(26)16(11-14-8-6-5-7-9-14)24-20(27)17(21)13(3)4/h5-9,12-13,15-17H,10-11,21H2,1-4H3,(H2,22,25)(H,23,26)(H,24,27)/t15-,16-,17-/m0/s1. The number of amides is 3. The third kappa shape index (κ3) is 7.78. The highest BCUT2D eigenvalue weighted by Crippen LogP contribution is 2.08. The van der Waals surface area contributed by atoms with Gasteiger partial charge in [-0.1, -0.05) is 58.0 Å². The van der Waals surface area contributed by atoms with E-state index in [0.717, 1.165) is 5.56 Å². The third-order valence-electron chi connectivity index (χ3n) is 4.30. The zero-order valence-electron chi connectivity index (χ0n) is 16.6. The van der Waals surface area contributed by atoms with Gasteiger partial charge in [0.15, 0.2) is 0 Å². The van der Waals surface area contributed by atoms with Crippen LogP contribution < -0.4 is 22.1 Å². The Morgan fingerprint density at radius 2 is 1.48 bits per heavy atom. The third-order valence-corrected chi connectivity index (χ3v) is 4.30. The summed E-state index contributed by atoms with van der Waals surface area (Å²) >= 11 is 0. The highest BCUT2D eigenvalue weighted by molar-refractivity contribution is 5.92. The van der Waals surface area contributed by atoms with Gasteiger partial charge in [0.2, 0.25) is 17.7 Å². The van der Waals surface area contributed by atoms with E-state index in [1.807, 2.05) is 58.0 Å². The van der Waals surface area contributed by atoms with Gasteiger partial charge in [-0.05, 0) is 23.8 Å². The maximum atomic E-state index is 12.8. The lowest BCUT2D eigenvalue weighted by atomic mass is 10.00. The zero-order valence-corrected chi connectivity index (χ0v) is 16.6. The quantitative estimate of drug-likeness (QED) is 0.479. The molecule has 0 spiro atoms. The van der Waals surface area contributed by atoms with Crippen LogP contribution in [0.3, 0.4) is 0 Å². The van der Waals surface area contributed by atoms with Crippen molar-refractivity contribution in [3.63, 3.8) is 0 Å². The topological polar surface area (TPSA) is 127 Å². The zero-order chi connectivity index (χ0) is 20.6. The lowest BCUT2D eigenvalue weighted by molar-refractivity contribution is -0.132. The van der Waals surface area contributed by atoms with Crippen LogP contribution in [0.4, 0.5) is 0 Å². The van der Waals surface area contributed by atoms with Crippen molar-refractivity contribution < 1.29 is 14.4 Å². The summed E-state index contributed by atoms with van der Waals surface area (Å²) in [6.45, 7) is 7.55. The van der Waals surface area contributed by atoms with E-state index in [1.165, 1.54) is 0 Å². The summed E-state index contributed by atoms with van der Waals surface area (Å²) in [5.74, 6) is -1.34. The largest absolute Gasteiger partial charge is 0.368 e. The van der Waals surface area contributed by atoms with Gasteiger partial charge in [-0.3, -0.25) is 14.4 Å². The van der Waals surface area contributed by atoms with E-state index < -0.39 is 35.8 Å². The molecule has 0 radical (unpaired) electrons. The van der Waals surface area contributed by atoms with E-state index in [-0.39, 0.29) is 18.3 Å². The molecule has 0 heterocycles. The first-order chi connectivity index (χ1) is 12.6. The summed E-state index contributed by atoms with van der Waals surface area (Å²) in [6.07, 6.45) is 0.717. The molecule has 1 aromatic carbocycles. The molecule has 27 heavy (non-hydrogen) atoms. The first-order valence-electron chi connectivity index (χ1n) is 9.31. The number of hydrogen-bond donors (Lipinski definition) is 4. The van der Waals surface area contributed by atoms with Crippen molar-refractivity contribution in [1.29, 1.82) is 0 Å². The first-order valence-corrected chi connectivity index (χ1v) is 9.31. The molecular weight excluding hydrogens is 344 g/mol.